The molecular weight excluding hydrogens is 154 g/mol. The van der Waals surface area contributed by atoms with Gasteiger partial charge >= 0.3 is 0 Å². The van der Waals surface area contributed by atoms with E-state index >= 15 is 0 Å². The van der Waals surface area contributed by atoms with Crippen LogP contribution in [0.15, 0.2) is 0 Å². The lowest BCUT2D eigenvalue weighted by Gasteiger charge is -2.26. The lowest BCUT2D eigenvalue weighted by molar-refractivity contribution is -0.126. The van der Waals surface area contributed by atoms with Gasteiger partial charge in [-0.05, 0) is 14.1 Å². The Balaban J connectivity index is 2.02. The number of nitrogens with one attached hydrogen (secondary N) is 2. The van der Waals surface area contributed by atoms with Crippen molar-refractivity contribution >= 4 is 5.91 Å². The number of hydrogen-bond donors (Lipinski definition) is 2. The van der Waals surface area contributed by atoms with Crippen molar-refractivity contribution in [2.24, 2.45) is 5.92 Å². The van der Waals surface area contributed by atoms with E-state index in [0.717, 1.165) is 26.2 Å². The van der Waals surface area contributed by atoms with Gasteiger partial charge in [0, 0.05) is 26.2 Å². The van der Waals surface area contributed by atoms with Crippen molar-refractivity contribution in [1.29, 1.82) is 0 Å². The summed E-state index contributed by atoms with van der Waals surface area (Å²) < 4.78 is 0. The molecule has 1 aliphatic heterocycles. The number of amides is 1. The van der Waals surface area contributed by atoms with E-state index in [1.807, 2.05) is 14.1 Å². The standard InChI is InChI=1S/C8H17N3O/c1-11(2)4-3-10-8(12)7-5-9-6-7/h7,9H,3-6H2,1-2H3,(H,10,12). The molecule has 1 heterocycles. The van der Waals surface area contributed by atoms with E-state index < -0.39 is 0 Å². The van der Waals surface area contributed by atoms with Crippen molar-refractivity contribution in [2.45, 2.75) is 0 Å². The Labute approximate surface area is 73.3 Å². The average Bonchev–Trinajstić information content (AvgIpc) is 1.81. The molecular formula is C8H17N3O. The minimum absolute atomic E-state index is 0.190. The molecule has 4 heteroatoms. The maximum Gasteiger partial charge on any atom is 0.225 e. The van der Waals surface area contributed by atoms with Gasteiger partial charge in [0.05, 0.1) is 5.92 Å². The van der Waals surface area contributed by atoms with Gasteiger partial charge in [-0.3, -0.25) is 4.79 Å². The second-order valence-electron chi connectivity index (χ2n) is 3.45. The van der Waals surface area contributed by atoms with Gasteiger partial charge in [-0.25, -0.2) is 0 Å². The largest absolute Gasteiger partial charge is 0.354 e. The van der Waals surface area contributed by atoms with Crippen LogP contribution >= 0.6 is 0 Å². The molecule has 0 saturated carbocycles. The van der Waals surface area contributed by atoms with Crippen LogP contribution in [-0.2, 0) is 4.79 Å². The summed E-state index contributed by atoms with van der Waals surface area (Å²) in [7, 11) is 3.99. The van der Waals surface area contributed by atoms with Gasteiger partial charge in [-0.15, -0.1) is 0 Å². The van der Waals surface area contributed by atoms with Crippen molar-refractivity contribution in [1.82, 2.24) is 15.5 Å². The molecule has 4 nitrogen and oxygen atoms in total. The maximum absolute atomic E-state index is 11.2. The predicted octanol–water partition coefficient (Wildman–Crippen LogP) is -1.12. The van der Waals surface area contributed by atoms with Crippen LogP contribution in [0.25, 0.3) is 0 Å². The van der Waals surface area contributed by atoms with E-state index in [2.05, 4.69) is 15.5 Å². The molecule has 0 aromatic rings. The van der Waals surface area contributed by atoms with Gasteiger partial charge in [-0.1, -0.05) is 0 Å². The van der Waals surface area contributed by atoms with E-state index in [1.165, 1.54) is 0 Å². The fourth-order valence-corrected chi connectivity index (χ4v) is 1.02. The van der Waals surface area contributed by atoms with Crippen molar-refractivity contribution < 1.29 is 4.79 Å². The van der Waals surface area contributed by atoms with Crippen molar-refractivity contribution in [2.75, 3.05) is 40.3 Å². The first kappa shape index (κ1) is 9.48. The molecule has 1 amide bonds. The van der Waals surface area contributed by atoms with Crippen LogP contribution in [0, 0.1) is 5.92 Å². The van der Waals surface area contributed by atoms with E-state index in [9.17, 15) is 4.79 Å². The molecule has 0 bridgehead atoms. The molecule has 0 unspecified atom stereocenters. The third-order valence-corrected chi connectivity index (χ3v) is 2.01. The summed E-state index contributed by atoms with van der Waals surface area (Å²) >= 11 is 0. The zero-order valence-electron chi connectivity index (χ0n) is 7.76. The van der Waals surface area contributed by atoms with Gasteiger partial charge < -0.3 is 15.5 Å². The van der Waals surface area contributed by atoms with Crippen molar-refractivity contribution in [3.05, 3.63) is 0 Å². The fourth-order valence-electron chi connectivity index (χ4n) is 1.02. The molecule has 70 valence electrons. The minimum Gasteiger partial charge on any atom is -0.354 e. The number of likely N-dealkylation sites (N-methyl/N-ethyl adjacent to an activating group) is 1. The SMILES string of the molecule is CN(C)CCNC(=O)C1CNC1. The predicted molar refractivity (Wildman–Crippen MR) is 47.9 cm³/mol. The lowest BCUT2D eigenvalue weighted by atomic mass is 10.0. The van der Waals surface area contributed by atoms with Crippen LogP contribution < -0.4 is 10.6 Å². The number of carbonyl (C=O) groups is 1. The van der Waals surface area contributed by atoms with E-state index in [1.54, 1.807) is 0 Å². The zero-order chi connectivity index (χ0) is 8.97. The first-order valence-electron chi connectivity index (χ1n) is 4.33. The first-order valence-corrected chi connectivity index (χ1v) is 4.33. The molecule has 2 N–H and O–H groups in total. The van der Waals surface area contributed by atoms with Gasteiger partial charge in [-0.2, -0.15) is 0 Å². The van der Waals surface area contributed by atoms with E-state index in [0.29, 0.717) is 0 Å². The Morgan fingerprint density at radius 1 is 1.58 bits per heavy atom. The van der Waals surface area contributed by atoms with Crippen LogP contribution in [0.5, 0.6) is 0 Å². The highest BCUT2D eigenvalue weighted by Crippen LogP contribution is 2.01. The first-order chi connectivity index (χ1) is 5.70. The number of rotatable bonds is 4. The van der Waals surface area contributed by atoms with Crippen LogP contribution in [0.4, 0.5) is 0 Å². The van der Waals surface area contributed by atoms with E-state index in [-0.39, 0.29) is 11.8 Å². The number of carbonyl (C=O) groups excluding carboxylic acids is 1. The lowest BCUT2D eigenvalue weighted by Crippen LogP contribution is -2.51. The molecule has 0 atom stereocenters. The van der Waals surface area contributed by atoms with Gasteiger partial charge in [0.25, 0.3) is 0 Å². The quantitative estimate of drug-likeness (QED) is 0.563. The fraction of sp³-hybridized carbons (Fsp3) is 0.875. The van der Waals surface area contributed by atoms with Gasteiger partial charge in [0.1, 0.15) is 0 Å². The summed E-state index contributed by atoms with van der Waals surface area (Å²) in [6.07, 6.45) is 0. The van der Waals surface area contributed by atoms with Crippen LogP contribution in [0.2, 0.25) is 0 Å². The van der Waals surface area contributed by atoms with Gasteiger partial charge in [0.2, 0.25) is 5.91 Å². The molecule has 0 spiro atoms. The topological polar surface area (TPSA) is 44.4 Å². The Kier molecular flexibility index (Phi) is 3.49. The second-order valence-corrected chi connectivity index (χ2v) is 3.45. The van der Waals surface area contributed by atoms with Crippen molar-refractivity contribution in [3.8, 4) is 0 Å². The molecule has 1 fully saturated rings. The van der Waals surface area contributed by atoms with Crippen LogP contribution in [-0.4, -0.2) is 51.1 Å². The third-order valence-electron chi connectivity index (χ3n) is 2.01. The van der Waals surface area contributed by atoms with Crippen LogP contribution in [0.3, 0.4) is 0 Å². The van der Waals surface area contributed by atoms with Gasteiger partial charge in [0.15, 0.2) is 0 Å². The van der Waals surface area contributed by atoms with Crippen molar-refractivity contribution in [3.63, 3.8) is 0 Å². The molecule has 0 aliphatic carbocycles. The Bertz CT molecular complexity index is 154. The Hall–Kier alpha value is -0.610. The highest BCUT2D eigenvalue weighted by Gasteiger charge is 2.23. The third kappa shape index (κ3) is 2.79. The zero-order valence-corrected chi connectivity index (χ0v) is 7.76. The molecule has 12 heavy (non-hydrogen) atoms. The summed E-state index contributed by atoms with van der Waals surface area (Å²) in [5, 5.41) is 5.97. The molecule has 0 aromatic carbocycles. The smallest absolute Gasteiger partial charge is 0.225 e. The number of hydrogen-bond acceptors (Lipinski definition) is 3. The molecule has 1 rings (SSSR count). The average molecular weight is 171 g/mol. The Morgan fingerprint density at radius 2 is 2.25 bits per heavy atom. The second kappa shape index (κ2) is 4.42. The molecule has 1 aliphatic rings. The highest BCUT2D eigenvalue weighted by atomic mass is 16.2. The summed E-state index contributed by atoms with van der Waals surface area (Å²) in [5.41, 5.74) is 0. The highest BCUT2D eigenvalue weighted by molar-refractivity contribution is 5.79. The maximum atomic E-state index is 11.2. The summed E-state index contributed by atoms with van der Waals surface area (Å²) in [6.45, 7) is 3.34. The molecule has 1 saturated heterocycles. The monoisotopic (exact) mass is 171 g/mol. The molecule has 0 aromatic heterocycles. The summed E-state index contributed by atoms with van der Waals surface area (Å²) in [5.74, 6) is 0.405. The summed E-state index contributed by atoms with van der Waals surface area (Å²) in [4.78, 5) is 13.3. The summed E-state index contributed by atoms with van der Waals surface area (Å²) in [6, 6.07) is 0. The van der Waals surface area contributed by atoms with E-state index in [4.69, 9.17) is 0 Å². The van der Waals surface area contributed by atoms with Crippen LogP contribution in [0.1, 0.15) is 0 Å². The normalized spacial score (nSPS) is 17.6. The Morgan fingerprint density at radius 3 is 2.67 bits per heavy atom. The molecule has 0 radical (unpaired) electrons. The number of nitrogens with zero attached hydrogens (tertiary/aromatic N) is 1. The minimum atomic E-state index is 0.190.